The van der Waals surface area contributed by atoms with Crippen molar-refractivity contribution in [2.75, 3.05) is 0 Å². The third-order valence-corrected chi connectivity index (χ3v) is 6.04. The smallest absolute Gasteiger partial charge is 0.224 e. The molecule has 0 aromatic heterocycles. The summed E-state index contributed by atoms with van der Waals surface area (Å²) in [4.78, 5) is 12.7. The molecule has 1 fully saturated rings. The van der Waals surface area contributed by atoms with E-state index in [4.69, 9.17) is 4.74 Å². The zero-order valence-electron chi connectivity index (χ0n) is 14.8. The maximum absolute atomic E-state index is 12.7. The molecule has 3 nitrogen and oxygen atoms in total. The van der Waals surface area contributed by atoms with E-state index >= 15 is 0 Å². The van der Waals surface area contributed by atoms with Crippen LogP contribution in [-0.4, -0.2) is 11.5 Å². The lowest BCUT2D eigenvalue weighted by Gasteiger charge is -2.44. The first-order valence-electron chi connectivity index (χ1n) is 9.45. The summed E-state index contributed by atoms with van der Waals surface area (Å²) in [5.74, 6) is 1.00. The summed E-state index contributed by atoms with van der Waals surface area (Å²) in [7, 11) is 0. The van der Waals surface area contributed by atoms with Gasteiger partial charge >= 0.3 is 0 Å². The molecule has 0 bridgehead atoms. The van der Waals surface area contributed by atoms with E-state index in [-0.39, 0.29) is 17.6 Å². The minimum atomic E-state index is -0.111. The number of hydrogen-bond donors (Lipinski definition) is 1. The lowest BCUT2D eigenvalue weighted by molar-refractivity contribution is -0.122. The first kappa shape index (κ1) is 17.6. The van der Waals surface area contributed by atoms with Gasteiger partial charge in [0.05, 0.1) is 12.5 Å². The Labute approximate surface area is 163 Å². The molecule has 0 saturated heterocycles. The van der Waals surface area contributed by atoms with Crippen LogP contribution in [-0.2, 0) is 11.2 Å². The molecule has 2 aromatic carbocycles. The predicted octanol–water partition coefficient (Wildman–Crippen LogP) is 5.33. The maximum atomic E-state index is 12.7. The second-order valence-corrected chi connectivity index (χ2v) is 8.43. The third kappa shape index (κ3) is 3.80. The molecule has 1 heterocycles. The minimum absolute atomic E-state index is 0.0257. The fourth-order valence-electron chi connectivity index (χ4n) is 4.33. The van der Waals surface area contributed by atoms with E-state index in [1.165, 1.54) is 19.3 Å². The van der Waals surface area contributed by atoms with Gasteiger partial charge in [0, 0.05) is 16.5 Å². The number of ether oxygens (including phenoxy) is 1. The van der Waals surface area contributed by atoms with Gasteiger partial charge in [0.1, 0.15) is 11.4 Å². The number of rotatable bonds is 3. The van der Waals surface area contributed by atoms with Crippen LogP contribution in [0.3, 0.4) is 0 Å². The Bertz CT molecular complexity index is 798. The Morgan fingerprint density at radius 3 is 2.73 bits per heavy atom. The van der Waals surface area contributed by atoms with Gasteiger partial charge in [-0.3, -0.25) is 4.79 Å². The summed E-state index contributed by atoms with van der Waals surface area (Å²) in [5, 5.41) is 3.28. The zero-order valence-corrected chi connectivity index (χ0v) is 16.4. The number of hydrogen-bond acceptors (Lipinski definition) is 2. The normalized spacial score (nSPS) is 20.9. The summed E-state index contributed by atoms with van der Waals surface area (Å²) < 4.78 is 7.45. The molecule has 136 valence electrons. The highest BCUT2D eigenvalue weighted by Crippen LogP contribution is 2.46. The Balaban J connectivity index is 1.53. The average Bonchev–Trinajstić information content (AvgIpc) is 2.62. The van der Waals surface area contributed by atoms with Crippen molar-refractivity contribution in [3.63, 3.8) is 0 Å². The van der Waals surface area contributed by atoms with Crippen LogP contribution in [0.25, 0.3) is 0 Å². The molecule has 4 heteroatoms. The van der Waals surface area contributed by atoms with Gasteiger partial charge in [-0.05, 0) is 49.4 Å². The van der Waals surface area contributed by atoms with Crippen molar-refractivity contribution in [1.82, 2.24) is 5.32 Å². The number of halogens is 1. The molecule has 4 rings (SSSR count). The van der Waals surface area contributed by atoms with Crippen LogP contribution in [0.5, 0.6) is 5.75 Å². The van der Waals surface area contributed by atoms with Crippen LogP contribution in [0.15, 0.2) is 53.0 Å². The second kappa shape index (κ2) is 7.43. The lowest BCUT2D eigenvalue weighted by Crippen LogP contribution is -2.46. The summed E-state index contributed by atoms with van der Waals surface area (Å²) >= 11 is 3.47. The van der Waals surface area contributed by atoms with E-state index in [9.17, 15) is 4.79 Å². The molecule has 1 aliphatic carbocycles. The van der Waals surface area contributed by atoms with E-state index in [0.717, 1.165) is 40.6 Å². The molecule has 1 spiro atoms. The lowest BCUT2D eigenvalue weighted by atomic mass is 9.77. The van der Waals surface area contributed by atoms with Crippen molar-refractivity contribution in [3.05, 3.63) is 64.1 Å². The predicted molar refractivity (Wildman–Crippen MR) is 106 cm³/mol. The fourth-order valence-corrected chi connectivity index (χ4v) is 4.77. The summed E-state index contributed by atoms with van der Waals surface area (Å²) in [6.07, 6.45) is 7.13. The maximum Gasteiger partial charge on any atom is 0.224 e. The van der Waals surface area contributed by atoms with Crippen molar-refractivity contribution < 1.29 is 9.53 Å². The van der Waals surface area contributed by atoms with Crippen LogP contribution < -0.4 is 10.1 Å². The first-order valence-corrected chi connectivity index (χ1v) is 10.2. The molecule has 1 saturated carbocycles. The molecular weight excluding hydrogens is 390 g/mol. The highest BCUT2D eigenvalue weighted by molar-refractivity contribution is 9.10. The quantitative estimate of drug-likeness (QED) is 0.737. The van der Waals surface area contributed by atoms with E-state index in [2.05, 4.69) is 27.3 Å². The number of carbonyl (C=O) groups is 1. The molecule has 0 radical (unpaired) electrons. The molecule has 0 unspecified atom stereocenters. The Hall–Kier alpha value is -1.81. The van der Waals surface area contributed by atoms with Crippen molar-refractivity contribution in [2.45, 2.75) is 56.6 Å². The van der Waals surface area contributed by atoms with Crippen molar-refractivity contribution in [1.29, 1.82) is 0 Å². The molecule has 2 aliphatic rings. The molecular formula is C22H24BrNO2. The van der Waals surface area contributed by atoms with E-state index in [0.29, 0.717) is 6.42 Å². The highest BCUT2D eigenvalue weighted by Gasteiger charge is 2.42. The molecule has 2 aromatic rings. The van der Waals surface area contributed by atoms with Gasteiger partial charge in [-0.2, -0.15) is 0 Å². The second-order valence-electron chi connectivity index (χ2n) is 7.51. The zero-order chi connectivity index (χ0) is 18.0. The fraction of sp³-hybridized carbons (Fsp3) is 0.409. The van der Waals surface area contributed by atoms with Crippen LogP contribution in [0.2, 0.25) is 0 Å². The van der Waals surface area contributed by atoms with E-state index < -0.39 is 0 Å². The highest BCUT2D eigenvalue weighted by atomic mass is 79.9. The average molecular weight is 414 g/mol. The molecule has 1 atom stereocenters. The number of benzene rings is 2. The Morgan fingerprint density at radius 1 is 1.12 bits per heavy atom. The third-order valence-electron chi connectivity index (χ3n) is 5.55. The molecule has 1 N–H and O–H groups in total. The number of amides is 1. The van der Waals surface area contributed by atoms with Gasteiger partial charge in [-0.25, -0.2) is 0 Å². The minimum Gasteiger partial charge on any atom is -0.487 e. The standard InChI is InChI=1S/C22H24BrNO2/c23-17-8-6-7-16(13-17)14-21(25)24-19-15-22(11-4-1-5-12-22)26-20-10-3-2-9-18(19)20/h2-3,6-10,13,19H,1,4-5,11-12,14-15H2,(H,24,25)/t19-/m1/s1. The topological polar surface area (TPSA) is 38.3 Å². The van der Waals surface area contributed by atoms with Gasteiger partial charge < -0.3 is 10.1 Å². The molecule has 1 aliphatic heterocycles. The number of carbonyl (C=O) groups excluding carboxylic acids is 1. The van der Waals surface area contributed by atoms with Crippen molar-refractivity contribution in [3.8, 4) is 5.75 Å². The van der Waals surface area contributed by atoms with Gasteiger partial charge in [-0.15, -0.1) is 0 Å². The summed E-state index contributed by atoms with van der Waals surface area (Å²) in [6, 6.07) is 16.1. The van der Waals surface area contributed by atoms with Crippen LogP contribution in [0, 0.1) is 0 Å². The summed E-state index contributed by atoms with van der Waals surface area (Å²) in [5.41, 5.74) is 2.01. The molecule has 26 heavy (non-hydrogen) atoms. The van der Waals surface area contributed by atoms with Crippen molar-refractivity contribution in [2.24, 2.45) is 0 Å². The van der Waals surface area contributed by atoms with Gasteiger partial charge in [-0.1, -0.05) is 52.7 Å². The van der Waals surface area contributed by atoms with Gasteiger partial charge in [0.25, 0.3) is 0 Å². The SMILES string of the molecule is O=C(Cc1cccc(Br)c1)N[C@@H]1CC2(CCCCC2)Oc2ccccc21. The van der Waals surface area contributed by atoms with Crippen molar-refractivity contribution >= 4 is 21.8 Å². The van der Waals surface area contributed by atoms with Gasteiger partial charge in [0.15, 0.2) is 0 Å². The number of para-hydroxylation sites is 1. The van der Waals surface area contributed by atoms with Crippen LogP contribution in [0.4, 0.5) is 0 Å². The molecule has 1 amide bonds. The van der Waals surface area contributed by atoms with E-state index in [1.54, 1.807) is 0 Å². The Morgan fingerprint density at radius 2 is 1.92 bits per heavy atom. The summed E-state index contributed by atoms with van der Waals surface area (Å²) in [6.45, 7) is 0. The number of nitrogens with one attached hydrogen (secondary N) is 1. The van der Waals surface area contributed by atoms with Gasteiger partial charge in [0.2, 0.25) is 5.91 Å². The Kier molecular flexibility index (Phi) is 5.03. The van der Waals surface area contributed by atoms with Crippen LogP contribution >= 0.6 is 15.9 Å². The number of fused-ring (bicyclic) bond motifs is 1. The first-order chi connectivity index (χ1) is 12.6. The monoisotopic (exact) mass is 413 g/mol. The largest absolute Gasteiger partial charge is 0.487 e. The van der Waals surface area contributed by atoms with E-state index in [1.807, 2.05) is 42.5 Å². The van der Waals surface area contributed by atoms with Crippen LogP contribution in [0.1, 0.15) is 55.7 Å².